The highest BCUT2D eigenvalue weighted by Gasteiger charge is 2.19. The van der Waals surface area contributed by atoms with Crippen LogP contribution in [0.25, 0.3) is 11.3 Å². The van der Waals surface area contributed by atoms with Crippen LogP contribution < -0.4 is 0 Å². The normalized spacial score (nSPS) is 10.5. The molecular formula is C13H14N2O2. The Hall–Kier alpha value is -2.10. The molecule has 4 heteroatoms. The molecule has 0 fully saturated rings. The van der Waals surface area contributed by atoms with Gasteiger partial charge in [-0.2, -0.15) is 0 Å². The molecule has 0 spiro atoms. The molecule has 1 aromatic carbocycles. The number of aromatic carboxylic acids is 1. The van der Waals surface area contributed by atoms with Crippen molar-refractivity contribution in [2.75, 3.05) is 0 Å². The Morgan fingerprint density at radius 2 is 1.82 bits per heavy atom. The first-order valence-electron chi connectivity index (χ1n) is 5.34. The van der Waals surface area contributed by atoms with Gasteiger partial charge >= 0.3 is 5.97 Å². The Morgan fingerprint density at radius 1 is 1.24 bits per heavy atom. The lowest BCUT2D eigenvalue weighted by Gasteiger charge is -2.05. The first-order valence-corrected chi connectivity index (χ1v) is 5.34. The highest BCUT2D eigenvalue weighted by Crippen LogP contribution is 2.24. The number of rotatable bonds is 2. The van der Waals surface area contributed by atoms with Gasteiger partial charge in [0.15, 0.2) is 5.69 Å². The summed E-state index contributed by atoms with van der Waals surface area (Å²) in [5.74, 6) is -0.303. The van der Waals surface area contributed by atoms with Crippen LogP contribution in [-0.4, -0.2) is 20.6 Å². The van der Waals surface area contributed by atoms with Crippen LogP contribution in [0.5, 0.6) is 0 Å². The van der Waals surface area contributed by atoms with E-state index in [-0.39, 0.29) is 5.69 Å². The number of imidazole rings is 1. The molecule has 1 heterocycles. The Balaban J connectivity index is 2.65. The van der Waals surface area contributed by atoms with Crippen LogP contribution >= 0.6 is 0 Å². The van der Waals surface area contributed by atoms with Gasteiger partial charge < -0.3 is 9.67 Å². The van der Waals surface area contributed by atoms with Crippen molar-refractivity contribution in [2.45, 2.75) is 13.8 Å². The van der Waals surface area contributed by atoms with E-state index in [0.717, 1.165) is 11.1 Å². The van der Waals surface area contributed by atoms with Gasteiger partial charge in [-0.15, -0.1) is 0 Å². The summed E-state index contributed by atoms with van der Waals surface area (Å²) in [5, 5.41) is 9.14. The number of hydrogen-bond donors (Lipinski definition) is 1. The zero-order valence-electron chi connectivity index (χ0n) is 10.1. The quantitative estimate of drug-likeness (QED) is 0.861. The van der Waals surface area contributed by atoms with E-state index in [4.69, 9.17) is 5.11 Å². The van der Waals surface area contributed by atoms with E-state index in [1.807, 2.05) is 38.2 Å². The van der Waals surface area contributed by atoms with Crippen LogP contribution in [0.2, 0.25) is 0 Å². The zero-order chi connectivity index (χ0) is 12.6. The maximum atomic E-state index is 11.2. The molecule has 1 N–H and O–H groups in total. The predicted molar refractivity (Wildman–Crippen MR) is 65.1 cm³/mol. The molecule has 0 bridgehead atoms. The summed E-state index contributed by atoms with van der Waals surface area (Å²) in [7, 11) is 1.82. The van der Waals surface area contributed by atoms with E-state index >= 15 is 0 Å². The highest BCUT2D eigenvalue weighted by molar-refractivity contribution is 5.93. The Bertz CT molecular complexity index is 568. The summed E-state index contributed by atoms with van der Waals surface area (Å²) in [4.78, 5) is 15.2. The monoisotopic (exact) mass is 230 g/mol. The maximum absolute atomic E-state index is 11.2. The van der Waals surface area contributed by atoms with E-state index in [1.54, 1.807) is 11.5 Å². The van der Waals surface area contributed by atoms with Crippen LogP contribution in [0.4, 0.5) is 0 Å². The number of aromatic nitrogens is 2. The van der Waals surface area contributed by atoms with Gasteiger partial charge in [0.25, 0.3) is 0 Å². The third-order valence-corrected chi connectivity index (χ3v) is 2.85. The Kier molecular flexibility index (Phi) is 2.71. The molecule has 0 unspecified atom stereocenters. The van der Waals surface area contributed by atoms with Gasteiger partial charge in [0.2, 0.25) is 0 Å². The lowest BCUT2D eigenvalue weighted by molar-refractivity contribution is 0.0692. The van der Waals surface area contributed by atoms with E-state index in [1.165, 1.54) is 0 Å². The van der Waals surface area contributed by atoms with Crippen LogP contribution in [-0.2, 0) is 7.05 Å². The van der Waals surface area contributed by atoms with Crippen molar-refractivity contribution < 1.29 is 9.90 Å². The second-order valence-electron chi connectivity index (χ2n) is 4.09. The van der Waals surface area contributed by atoms with Crippen molar-refractivity contribution in [3.05, 3.63) is 41.3 Å². The largest absolute Gasteiger partial charge is 0.476 e. The van der Waals surface area contributed by atoms with Crippen LogP contribution in [0.15, 0.2) is 24.3 Å². The first-order chi connectivity index (χ1) is 8.00. The third kappa shape index (κ3) is 1.93. The van der Waals surface area contributed by atoms with Gasteiger partial charge in [0.05, 0.1) is 5.69 Å². The molecule has 1 aromatic heterocycles. The average Bonchev–Trinajstić information content (AvgIpc) is 2.57. The molecule has 2 rings (SSSR count). The number of carbonyl (C=O) groups is 1. The fourth-order valence-electron chi connectivity index (χ4n) is 1.80. The molecule has 17 heavy (non-hydrogen) atoms. The summed E-state index contributed by atoms with van der Waals surface area (Å²) >= 11 is 0. The molecule has 0 atom stereocenters. The molecule has 0 aliphatic carbocycles. The topological polar surface area (TPSA) is 55.1 Å². The summed E-state index contributed by atoms with van der Waals surface area (Å²) in [5.41, 5.74) is 2.77. The minimum atomic E-state index is -0.996. The third-order valence-electron chi connectivity index (χ3n) is 2.85. The van der Waals surface area contributed by atoms with Gasteiger partial charge in [0, 0.05) is 12.6 Å². The standard InChI is InChI=1S/C13H14N2O2/c1-8-4-6-10(7-5-8)12-11(13(16)17)14-9(2)15(12)3/h4-7H,1-3H3,(H,16,17). The Labute approximate surface area is 99.5 Å². The van der Waals surface area contributed by atoms with Gasteiger partial charge in [-0.1, -0.05) is 29.8 Å². The molecular weight excluding hydrogens is 216 g/mol. The molecule has 2 aromatic rings. The fourth-order valence-corrected chi connectivity index (χ4v) is 1.80. The fraction of sp³-hybridized carbons (Fsp3) is 0.231. The van der Waals surface area contributed by atoms with Gasteiger partial charge in [0.1, 0.15) is 5.82 Å². The van der Waals surface area contributed by atoms with E-state index in [2.05, 4.69) is 4.98 Å². The number of aryl methyl sites for hydroxylation is 2. The summed E-state index contributed by atoms with van der Waals surface area (Å²) in [6, 6.07) is 7.75. The van der Waals surface area contributed by atoms with Crippen molar-refractivity contribution in [1.82, 2.24) is 9.55 Å². The highest BCUT2D eigenvalue weighted by atomic mass is 16.4. The Morgan fingerprint density at radius 3 is 2.35 bits per heavy atom. The van der Waals surface area contributed by atoms with Crippen molar-refractivity contribution in [3.8, 4) is 11.3 Å². The van der Waals surface area contributed by atoms with Gasteiger partial charge in [-0.3, -0.25) is 0 Å². The minimum absolute atomic E-state index is 0.105. The molecule has 4 nitrogen and oxygen atoms in total. The second kappa shape index (κ2) is 4.05. The van der Waals surface area contributed by atoms with E-state index in [9.17, 15) is 4.79 Å². The maximum Gasteiger partial charge on any atom is 0.356 e. The van der Waals surface area contributed by atoms with Crippen LogP contribution in [0.1, 0.15) is 21.9 Å². The summed E-state index contributed by atoms with van der Waals surface area (Å²) in [6.45, 7) is 3.79. The first kappa shape index (κ1) is 11.4. The van der Waals surface area contributed by atoms with E-state index < -0.39 is 5.97 Å². The lowest BCUT2D eigenvalue weighted by Crippen LogP contribution is -2.01. The van der Waals surface area contributed by atoms with Gasteiger partial charge in [-0.05, 0) is 13.8 Å². The average molecular weight is 230 g/mol. The van der Waals surface area contributed by atoms with Gasteiger partial charge in [-0.25, -0.2) is 9.78 Å². The number of hydrogen-bond acceptors (Lipinski definition) is 2. The number of benzene rings is 1. The SMILES string of the molecule is Cc1ccc(-c2c(C(=O)O)nc(C)n2C)cc1. The predicted octanol–water partition coefficient (Wildman–Crippen LogP) is 2.40. The van der Waals surface area contributed by atoms with Crippen molar-refractivity contribution >= 4 is 5.97 Å². The minimum Gasteiger partial charge on any atom is -0.476 e. The van der Waals surface area contributed by atoms with Crippen molar-refractivity contribution in [2.24, 2.45) is 7.05 Å². The second-order valence-corrected chi connectivity index (χ2v) is 4.09. The van der Waals surface area contributed by atoms with E-state index in [0.29, 0.717) is 11.5 Å². The molecule has 88 valence electrons. The van der Waals surface area contributed by atoms with Crippen LogP contribution in [0, 0.1) is 13.8 Å². The number of nitrogens with zero attached hydrogens (tertiary/aromatic N) is 2. The number of carboxylic acids is 1. The van der Waals surface area contributed by atoms with Crippen LogP contribution in [0.3, 0.4) is 0 Å². The molecule has 0 amide bonds. The van der Waals surface area contributed by atoms with Crippen molar-refractivity contribution in [1.29, 1.82) is 0 Å². The zero-order valence-corrected chi connectivity index (χ0v) is 10.1. The summed E-state index contributed by atoms with van der Waals surface area (Å²) < 4.78 is 1.80. The molecule has 0 aliphatic heterocycles. The lowest BCUT2D eigenvalue weighted by atomic mass is 10.1. The molecule has 0 saturated heterocycles. The van der Waals surface area contributed by atoms with Crippen molar-refractivity contribution in [3.63, 3.8) is 0 Å². The molecule has 0 saturated carbocycles. The number of carboxylic acid groups (broad SMARTS) is 1. The molecule has 0 aliphatic rings. The summed E-state index contributed by atoms with van der Waals surface area (Å²) in [6.07, 6.45) is 0. The smallest absolute Gasteiger partial charge is 0.356 e. The molecule has 0 radical (unpaired) electrons.